The molecule has 0 aromatic heterocycles. The van der Waals surface area contributed by atoms with Crippen molar-refractivity contribution >= 4 is 17.9 Å². The number of benzene rings is 2. The monoisotopic (exact) mass is 491 g/mol. The molecule has 36 heavy (non-hydrogen) atoms. The van der Waals surface area contributed by atoms with E-state index >= 15 is 0 Å². The van der Waals surface area contributed by atoms with Gasteiger partial charge >= 0.3 is 6.09 Å². The van der Waals surface area contributed by atoms with E-state index in [0.717, 1.165) is 11.1 Å². The van der Waals surface area contributed by atoms with Crippen molar-refractivity contribution in [3.05, 3.63) is 71.8 Å². The number of rotatable bonds is 6. The largest absolute Gasteiger partial charge is 0.444 e. The van der Waals surface area contributed by atoms with E-state index in [1.165, 1.54) is 4.90 Å². The number of carbonyl (C=O) groups excluding carboxylic acids is 3. The fourth-order valence-corrected chi connectivity index (χ4v) is 5.36. The van der Waals surface area contributed by atoms with E-state index in [9.17, 15) is 14.4 Å². The predicted octanol–water partition coefficient (Wildman–Crippen LogP) is 4.35. The summed E-state index contributed by atoms with van der Waals surface area (Å²) in [5.41, 5.74) is 0.153. The molecule has 1 heterocycles. The Hall–Kier alpha value is -3.35. The molecule has 0 bridgehead atoms. The highest BCUT2D eigenvalue weighted by molar-refractivity contribution is 6.00. The van der Waals surface area contributed by atoms with Gasteiger partial charge in [0.1, 0.15) is 17.2 Å². The zero-order chi connectivity index (χ0) is 26.1. The molecule has 0 spiro atoms. The zero-order valence-electron chi connectivity index (χ0n) is 21.8. The highest BCUT2D eigenvalue weighted by Gasteiger charge is 2.71. The van der Waals surface area contributed by atoms with Crippen molar-refractivity contribution in [1.82, 2.24) is 15.5 Å². The molecule has 2 aromatic carbocycles. The van der Waals surface area contributed by atoms with Crippen LogP contribution in [-0.2, 0) is 14.3 Å². The summed E-state index contributed by atoms with van der Waals surface area (Å²) >= 11 is 0. The first kappa shape index (κ1) is 25.7. The highest BCUT2D eigenvalue weighted by Crippen LogP contribution is 2.63. The number of hydrogen-bond acceptors (Lipinski definition) is 4. The van der Waals surface area contributed by atoms with Gasteiger partial charge in [-0.05, 0) is 58.6 Å². The van der Waals surface area contributed by atoms with E-state index in [1.807, 2.05) is 74.5 Å². The van der Waals surface area contributed by atoms with Crippen molar-refractivity contribution in [2.45, 2.75) is 82.5 Å². The lowest BCUT2D eigenvalue weighted by Gasteiger charge is -2.30. The topological polar surface area (TPSA) is 87.7 Å². The Morgan fingerprint density at radius 2 is 1.47 bits per heavy atom. The van der Waals surface area contributed by atoms with Crippen LogP contribution in [0.4, 0.5) is 4.79 Å². The minimum Gasteiger partial charge on any atom is -0.444 e. The van der Waals surface area contributed by atoms with Crippen molar-refractivity contribution in [2.24, 2.45) is 0 Å². The molecule has 4 rings (SSSR count). The molecule has 192 valence electrons. The van der Waals surface area contributed by atoms with E-state index in [2.05, 4.69) is 10.6 Å². The number of ether oxygens (including phenoxy) is 1. The predicted molar refractivity (Wildman–Crippen MR) is 138 cm³/mol. The normalized spacial score (nSPS) is 25.4. The Balaban J connectivity index is 1.69. The van der Waals surface area contributed by atoms with E-state index in [4.69, 9.17) is 4.74 Å². The zero-order valence-corrected chi connectivity index (χ0v) is 21.8. The van der Waals surface area contributed by atoms with Crippen molar-refractivity contribution in [1.29, 1.82) is 0 Å². The molecule has 1 aliphatic heterocycles. The Kier molecular flexibility index (Phi) is 7.12. The maximum absolute atomic E-state index is 13.8. The second kappa shape index (κ2) is 9.96. The van der Waals surface area contributed by atoms with Gasteiger partial charge in [0.05, 0.1) is 0 Å². The smallest absolute Gasteiger partial charge is 0.410 e. The summed E-state index contributed by atoms with van der Waals surface area (Å²) in [5.74, 6) is -1.01. The molecule has 7 nitrogen and oxygen atoms in total. The Morgan fingerprint density at radius 1 is 0.944 bits per heavy atom. The van der Waals surface area contributed by atoms with Crippen molar-refractivity contribution < 1.29 is 19.1 Å². The first-order valence-corrected chi connectivity index (χ1v) is 12.8. The van der Waals surface area contributed by atoms with E-state index < -0.39 is 23.3 Å². The lowest BCUT2D eigenvalue weighted by atomic mass is 10.0. The fourth-order valence-electron chi connectivity index (χ4n) is 5.36. The third-order valence-corrected chi connectivity index (χ3v) is 6.83. The van der Waals surface area contributed by atoms with Gasteiger partial charge in [0, 0.05) is 24.4 Å². The van der Waals surface area contributed by atoms with Crippen molar-refractivity contribution in [2.75, 3.05) is 6.54 Å². The summed E-state index contributed by atoms with van der Waals surface area (Å²) in [4.78, 5) is 42.0. The minimum atomic E-state index is -1.16. The van der Waals surface area contributed by atoms with Gasteiger partial charge in [0.2, 0.25) is 11.8 Å². The molecule has 7 heteroatoms. The summed E-state index contributed by atoms with van der Waals surface area (Å²) in [6, 6.07) is 18.9. The summed E-state index contributed by atoms with van der Waals surface area (Å²) < 4.78 is 5.56. The van der Waals surface area contributed by atoms with Crippen molar-refractivity contribution in [3.8, 4) is 0 Å². The molecule has 3 atom stereocenters. The maximum Gasteiger partial charge on any atom is 0.410 e. The van der Waals surface area contributed by atoms with E-state index in [1.54, 1.807) is 20.8 Å². The third kappa shape index (κ3) is 5.11. The average molecular weight is 492 g/mol. The Bertz CT molecular complexity index is 1050. The summed E-state index contributed by atoms with van der Waals surface area (Å²) in [6.45, 7) is 9.68. The third-order valence-electron chi connectivity index (χ3n) is 6.83. The minimum absolute atomic E-state index is 0.0931. The van der Waals surface area contributed by atoms with Crippen LogP contribution in [0.2, 0.25) is 0 Å². The van der Waals surface area contributed by atoms with Crippen LogP contribution < -0.4 is 10.6 Å². The van der Waals surface area contributed by atoms with Crippen LogP contribution in [0.25, 0.3) is 0 Å². The van der Waals surface area contributed by atoms with E-state index in [-0.39, 0.29) is 29.7 Å². The van der Waals surface area contributed by atoms with Crippen LogP contribution in [0.3, 0.4) is 0 Å². The van der Waals surface area contributed by atoms with Crippen LogP contribution in [-0.4, -0.2) is 52.6 Å². The van der Waals surface area contributed by atoms with Gasteiger partial charge in [-0.2, -0.15) is 0 Å². The quantitative estimate of drug-likeness (QED) is 0.629. The number of hydrogen-bond donors (Lipinski definition) is 2. The second-order valence-electron chi connectivity index (χ2n) is 11.1. The van der Waals surface area contributed by atoms with Crippen LogP contribution in [0.15, 0.2) is 60.7 Å². The Morgan fingerprint density at radius 3 is 1.94 bits per heavy atom. The molecule has 1 aliphatic carbocycles. The molecule has 2 aromatic rings. The molecule has 2 N–H and O–H groups in total. The van der Waals surface area contributed by atoms with Gasteiger partial charge in [-0.15, -0.1) is 0 Å². The molecule has 1 saturated carbocycles. The van der Waals surface area contributed by atoms with Gasteiger partial charge in [-0.25, -0.2) is 4.79 Å². The number of nitrogens with zero attached hydrogens (tertiary/aromatic N) is 1. The van der Waals surface area contributed by atoms with Gasteiger partial charge in [-0.1, -0.05) is 60.7 Å². The highest BCUT2D eigenvalue weighted by atomic mass is 16.6. The van der Waals surface area contributed by atoms with Crippen molar-refractivity contribution in [3.63, 3.8) is 0 Å². The SMILES string of the molecule is CC(C)NC(=O)C1(NC(=O)[C@@H]2CCCN2C(=O)OC(C)(C)C)[C@@H](c2ccccc2)[C@@H]1c1ccccc1. The molecular weight excluding hydrogens is 454 g/mol. The van der Waals surface area contributed by atoms with Crippen LogP contribution in [0, 0.1) is 0 Å². The second-order valence-corrected chi connectivity index (χ2v) is 11.1. The number of amides is 3. The molecule has 2 aliphatic rings. The molecule has 2 fully saturated rings. The Labute approximate surface area is 213 Å². The molecule has 1 saturated heterocycles. The maximum atomic E-state index is 13.8. The number of carbonyl (C=O) groups is 3. The lowest BCUT2D eigenvalue weighted by Crippen LogP contribution is -2.57. The fraction of sp³-hybridized carbons (Fsp3) is 0.483. The summed E-state index contributed by atoms with van der Waals surface area (Å²) in [5, 5.41) is 6.21. The summed E-state index contributed by atoms with van der Waals surface area (Å²) in [7, 11) is 0. The van der Waals surface area contributed by atoms with E-state index in [0.29, 0.717) is 19.4 Å². The summed E-state index contributed by atoms with van der Waals surface area (Å²) in [6.07, 6.45) is 0.724. The molecule has 3 amide bonds. The van der Waals surface area contributed by atoms with Crippen LogP contribution in [0.5, 0.6) is 0 Å². The molecule has 0 radical (unpaired) electrons. The molecular formula is C29H37N3O4. The number of likely N-dealkylation sites (tertiary alicyclic amines) is 1. The first-order chi connectivity index (χ1) is 17.0. The first-order valence-electron chi connectivity index (χ1n) is 12.8. The lowest BCUT2D eigenvalue weighted by molar-refractivity contribution is -0.132. The average Bonchev–Trinajstić information content (AvgIpc) is 3.21. The van der Waals surface area contributed by atoms with Crippen LogP contribution >= 0.6 is 0 Å². The molecule has 0 unspecified atom stereocenters. The standard InChI is InChI=1S/C29H37N3O4/c1-19(2)30-26(34)29(31-25(33)22-17-12-18-32(22)27(35)36-28(3,4)5)23(20-13-8-6-9-14-20)24(29)21-15-10-7-11-16-21/h6-11,13-16,19,22-24H,12,17-18H2,1-5H3,(H,30,34)(H,31,33)/t22-,23-,24-/m0/s1. The van der Waals surface area contributed by atoms with Gasteiger partial charge in [-0.3, -0.25) is 14.5 Å². The van der Waals surface area contributed by atoms with Gasteiger partial charge in [0.15, 0.2) is 0 Å². The van der Waals surface area contributed by atoms with Gasteiger partial charge < -0.3 is 15.4 Å². The van der Waals surface area contributed by atoms with Crippen LogP contribution in [0.1, 0.15) is 70.4 Å². The van der Waals surface area contributed by atoms with Gasteiger partial charge in [0.25, 0.3) is 0 Å². The number of nitrogens with one attached hydrogen (secondary N) is 2.